The zero-order valence-corrected chi connectivity index (χ0v) is 11.9. The maximum Gasteiger partial charge on any atom is 0.124 e. The highest BCUT2D eigenvalue weighted by atomic mass is 35.5. The highest BCUT2D eigenvalue weighted by molar-refractivity contribution is 6.30. The molecule has 0 saturated carbocycles. The molecule has 0 spiro atoms. The molecule has 2 unspecified atom stereocenters. The van der Waals surface area contributed by atoms with Gasteiger partial charge in [0.2, 0.25) is 0 Å². The van der Waals surface area contributed by atoms with E-state index in [2.05, 4.69) is 29.6 Å². The van der Waals surface area contributed by atoms with Gasteiger partial charge < -0.3 is 5.32 Å². The number of rotatable bonds is 3. The molecule has 1 N–H and O–H groups in total. The first-order valence-electron chi connectivity index (χ1n) is 6.95. The second kappa shape index (κ2) is 5.94. The SMILES string of the molecule is Fc1cc(Cl)cc(C2CCNC2Cc2ccccc2)c1. The van der Waals surface area contributed by atoms with Gasteiger partial charge in [-0.2, -0.15) is 0 Å². The predicted octanol–water partition coefficient (Wildman–Crippen LogP) is 4.17. The molecule has 0 aromatic heterocycles. The van der Waals surface area contributed by atoms with E-state index >= 15 is 0 Å². The Bertz CT molecular complexity index is 565. The van der Waals surface area contributed by atoms with Crippen LogP contribution in [-0.2, 0) is 6.42 Å². The third-order valence-corrected chi connectivity index (χ3v) is 4.18. The standard InChI is InChI=1S/C17H17ClFN/c18-14-9-13(10-15(19)11-14)16-6-7-20-17(16)8-12-4-2-1-3-5-12/h1-5,9-11,16-17,20H,6-8H2. The molecule has 1 fully saturated rings. The van der Waals surface area contributed by atoms with Crippen molar-refractivity contribution in [2.75, 3.05) is 6.54 Å². The van der Waals surface area contributed by atoms with Gasteiger partial charge in [0.05, 0.1) is 0 Å². The summed E-state index contributed by atoms with van der Waals surface area (Å²) in [5.41, 5.74) is 2.31. The molecule has 3 rings (SSSR count). The Labute approximate surface area is 123 Å². The van der Waals surface area contributed by atoms with Crippen LogP contribution < -0.4 is 5.32 Å². The van der Waals surface area contributed by atoms with E-state index in [-0.39, 0.29) is 5.82 Å². The Morgan fingerprint density at radius 1 is 1.15 bits per heavy atom. The van der Waals surface area contributed by atoms with E-state index in [1.807, 2.05) is 12.1 Å². The molecule has 2 atom stereocenters. The number of nitrogens with one attached hydrogen (secondary N) is 1. The normalized spacial score (nSPS) is 22.1. The molecule has 1 heterocycles. The van der Waals surface area contributed by atoms with E-state index in [0.717, 1.165) is 24.9 Å². The monoisotopic (exact) mass is 289 g/mol. The summed E-state index contributed by atoms with van der Waals surface area (Å²) < 4.78 is 13.5. The van der Waals surface area contributed by atoms with Gasteiger partial charge in [0.25, 0.3) is 0 Å². The number of halogens is 2. The van der Waals surface area contributed by atoms with Crippen molar-refractivity contribution in [2.45, 2.75) is 24.8 Å². The lowest BCUT2D eigenvalue weighted by molar-refractivity contribution is 0.540. The van der Waals surface area contributed by atoms with Gasteiger partial charge >= 0.3 is 0 Å². The van der Waals surface area contributed by atoms with Crippen LogP contribution >= 0.6 is 11.6 Å². The Kier molecular flexibility index (Phi) is 4.04. The van der Waals surface area contributed by atoms with Crippen LogP contribution in [0.5, 0.6) is 0 Å². The molecule has 0 bridgehead atoms. The lowest BCUT2D eigenvalue weighted by Gasteiger charge is -2.20. The summed E-state index contributed by atoms with van der Waals surface area (Å²) in [7, 11) is 0. The minimum atomic E-state index is -0.252. The number of hydrogen-bond acceptors (Lipinski definition) is 1. The summed E-state index contributed by atoms with van der Waals surface area (Å²) in [4.78, 5) is 0. The van der Waals surface area contributed by atoms with Gasteiger partial charge in [-0.1, -0.05) is 41.9 Å². The predicted molar refractivity (Wildman–Crippen MR) is 80.7 cm³/mol. The Morgan fingerprint density at radius 2 is 1.95 bits per heavy atom. The summed E-state index contributed by atoms with van der Waals surface area (Å²) in [5.74, 6) is 0.0706. The fourth-order valence-corrected chi connectivity index (χ4v) is 3.27. The smallest absolute Gasteiger partial charge is 0.124 e. The van der Waals surface area contributed by atoms with E-state index in [0.29, 0.717) is 17.0 Å². The topological polar surface area (TPSA) is 12.0 Å². The largest absolute Gasteiger partial charge is 0.313 e. The van der Waals surface area contributed by atoms with Crippen molar-refractivity contribution in [1.82, 2.24) is 5.32 Å². The van der Waals surface area contributed by atoms with Crippen LogP contribution in [0.2, 0.25) is 5.02 Å². The van der Waals surface area contributed by atoms with Crippen molar-refractivity contribution in [2.24, 2.45) is 0 Å². The maximum atomic E-state index is 13.5. The van der Waals surface area contributed by atoms with Crippen LogP contribution in [0.1, 0.15) is 23.5 Å². The average Bonchev–Trinajstić information content (AvgIpc) is 2.87. The molecule has 104 valence electrons. The first kappa shape index (κ1) is 13.6. The third kappa shape index (κ3) is 3.02. The second-order valence-corrected chi connectivity index (χ2v) is 5.78. The summed E-state index contributed by atoms with van der Waals surface area (Å²) in [6, 6.07) is 15.6. The summed E-state index contributed by atoms with van der Waals surface area (Å²) in [6.07, 6.45) is 1.98. The average molecular weight is 290 g/mol. The highest BCUT2D eigenvalue weighted by Crippen LogP contribution is 2.31. The van der Waals surface area contributed by atoms with Crippen molar-refractivity contribution < 1.29 is 4.39 Å². The van der Waals surface area contributed by atoms with Crippen molar-refractivity contribution in [3.05, 3.63) is 70.5 Å². The fraction of sp³-hybridized carbons (Fsp3) is 0.294. The van der Waals surface area contributed by atoms with Crippen molar-refractivity contribution in [1.29, 1.82) is 0 Å². The molecule has 20 heavy (non-hydrogen) atoms. The van der Waals surface area contributed by atoms with Gasteiger partial charge in [-0.25, -0.2) is 4.39 Å². The van der Waals surface area contributed by atoms with Crippen LogP contribution in [0.15, 0.2) is 48.5 Å². The molecule has 3 heteroatoms. The number of benzene rings is 2. The quantitative estimate of drug-likeness (QED) is 0.894. The van der Waals surface area contributed by atoms with Gasteiger partial charge in [0.15, 0.2) is 0 Å². The molecule has 2 aromatic carbocycles. The first-order chi connectivity index (χ1) is 9.72. The lowest BCUT2D eigenvalue weighted by Crippen LogP contribution is -2.28. The van der Waals surface area contributed by atoms with Crippen LogP contribution in [-0.4, -0.2) is 12.6 Å². The molecule has 1 nitrogen and oxygen atoms in total. The molecule has 0 radical (unpaired) electrons. The van der Waals surface area contributed by atoms with Crippen molar-refractivity contribution >= 4 is 11.6 Å². The van der Waals surface area contributed by atoms with Crippen LogP contribution in [0.4, 0.5) is 4.39 Å². The van der Waals surface area contributed by atoms with E-state index in [4.69, 9.17) is 11.6 Å². The van der Waals surface area contributed by atoms with Gasteiger partial charge in [-0.15, -0.1) is 0 Å². The molecule has 2 aromatic rings. The minimum absolute atomic E-state index is 0.252. The second-order valence-electron chi connectivity index (χ2n) is 5.35. The van der Waals surface area contributed by atoms with E-state index in [1.54, 1.807) is 6.07 Å². The summed E-state index contributed by atoms with van der Waals surface area (Å²) in [5, 5.41) is 4.00. The highest BCUT2D eigenvalue weighted by Gasteiger charge is 2.28. The van der Waals surface area contributed by atoms with Crippen LogP contribution in [0.25, 0.3) is 0 Å². The minimum Gasteiger partial charge on any atom is -0.313 e. The molecule has 1 aliphatic rings. The zero-order chi connectivity index (χ0) is 13.9. The van der Waals surface area contributed by atoms with Gasteiger partial charge in [0.1, 0.15) is 5.82 Å². The van der Waals surface area contributed by atoms with Gasteiger partial charge in [-0.05, 0) is 48.7 Å². The first-order valence-corrected chi connectivity index (χ1v) is 7.33. The van der Waals surface area contributed by atoms with Crippen LogP contribution in [0, 0.1) is 5.82 Å². The lowest BCUT2D eigenvalue weighted by atomic mass is 9.88. The van der Waals surface area contributed by atoms with Crippen molar-refractivity contribution in [3.63, 3.8) is 0 Å². The van der Waals surface area contributed by atoms with Crippen LogP contribution in [0.3, 0.4) is 0 Å². The molecular formula is C17H17ClFN. The Morgan fingerprint density at radius 3 is 2.70 bits per heavy atom. The number of hydrogen-bond donors (Lipinski definition) is 1. The van der Waals surface area contributed by atoms with E-state index in [1.165, 1.54) is 11.6 Å². The van der Waals surface area contributed by atoms with E-state index in [9.17, 15) is 4.39 Å². The summed E-state index contributed by atoms with van der Waals surface area (Å²) >= 11 is 5.98. The molecule has 0 amide bonds. The van der Waals surface area contributed by atoms with E-state index < -0.39 is 0 Å². The van der Waals surface area contributed by atoms with Crippen molar-refractivity contribution in [3.8, 4) is 0 Å². The maximum absolute atomic E-state index is 13.5. The third-order valence-electron chi connectivity index (χ3n) is 3.96. The molecule has 1 saturated heterocycles. The fourth-order valence-electron chi connectivity index (χ4n) is 3.04. The Hall–Kier alpha value is -1.38. The van der Waals surface area contributed by atoms with Gasteiger partial charge in [-0.3, -0.25) is 0 Å². The summed E-state index contributed by atoms with van der Waals surface area (Å²) in [6.45, 7) is 0.969. The molecule has 0 aliphatic carbocycles. The molecule has 1 aliphatic heterocycles. The van der Waals surface area contributed by atoms with Gasteiger partial charge in [0, 0.05) is 17.0 Å². The Balaban J connectivity index is 1.81. The zero-order valence-electron chi connectivity index (χ0n) is 11.2. The molecular weight excluding hydrogens is 273 g/mol.